The van der Waals surface area contributed by atoms with Gasteiger partial charge in [0, 0.05) is 38.3 Å². The quantitative estimate of drug-likeness (QED) is 0.676. The van der Waals surface area contributed by atoms with Crippen LogP contribution in [0.25, 0.3) is 0 Å². The predicted octanol–water partition coefficient (Wildman–Crippen LogP) is 0.777. The lowest BCUT2D eigenvalue weighted by Crippen LogP contribution is -2.54. The Morgan fingerprint density at radius 1 is 0.969 bits per heavy atom. The van der Waals surface area contributed by atoms with E-state index in [0.29, 0.717) is 17.2 Å². The number of rotatable bonds is 5. The lowest BCUT2D eigenvalue weighted by Gasteiger charge is -2.43. The van der Waals surface area contributed by atoms with Crippen molar-refractivity contribution in [3.05, 3.63) is 29.3 Å². The fraction of sp³-hybridized carbons (Fsp3) is 0.565. The Bertz CT molecular complexity index is 965. The highest BCUT2D eigenvalue weighted by molar-refractivity contribution is 6.23. The lowest BCUT2D eigenvalue weighted by atomic mass is 10.0. The molecule has 9 nitrogen and oxygen atoms in total. The molecule has 1 atom stereocenters. The predicted molar refractivity (Wildman–Crippen MR) is 115 cm³/mol. The number of ether oxygens (including phenoxy) is 1. The zero-order valence-electron chi connectivity index (χ0n) is 18.2. The van der Waals surface area contributed by atoms with Crippen molar-refractivity contribution in [1.29, 1.82) is 0 Å². The summed E-state index contributed by atoms with van der Waals surface area (Å²) in [5.41, 5.74) is 1.49. The number of nitrogens with one attached hydrogen (secondary N) is 1. The van der Waals surface area contributed by atoms with Crippen molar-refractivity contribution < 1.29 is 23.9 Å². The summed E-state index contributed by atoms with van der Waals surface area (Å²) in [5.74, 6) is -1.93. The maximum atomic E-state index is 13.0. The van der Waals surface area contributed by atoms with Crippen LogP contribution in [0.3, 0.4) is 0 Å². The number of carbonyl (C=O) groups excluding carboxylic acids is 4. The number of hydrogen-bond donors (Lipinski definition) is 1. The number of likely N-dealkylation sites (tertiary alicyclic amines) is 1. The molecule has 0 aromatic heterocycles. The highest BCUT2D eigenvalue weighted by Crippen LogP contribution is 2.32. The van der Waals surface area contributed by atoms with Crippen LogP contribution in [0, 0.1) is 0 Å². The van der Waals surface area contributed by atoms with E-state index in [1.807, 2.05) is 6.07 Å². The molecule has 0 saturated carbocycles. The first-order chi connectivity index (χ1) is 15.4. The average Bonchev–Trinajstić information content (AvgIpc) is 3.01. The number of carbonyl (C=O) groups is 4. The fourth-order valence-corrected chi connectivity index (χ4v) is 5.02. The van der Waals surface area contributed by atoms with E-state index in [4.69, 9.17) is 4.74 Å². The van der Waals surface area contributed by atoms with Crippen LogP contribution >= 0.6 is 0 Å². The van der Waals surface area contributed by atoms with Crippen LogP contribution in [0.4, 0.5) is 5.69 Å². The SMILES string of the molecule is CCN1CCC(OC2CN(c3ccc4c(c3)C(=O)N(C3CCC(=O)NC3=O)C4=O)C2)CC1. The van der Waals surface area contributed by atoms with Gasteiger partial charge in [-0.15, -0.1) is 0 Å². The van der Waals surface area contributed by atoms with Crippen LogP contribution < -0.4 is 10.2 Å². The highest BCUT2D eigenvalue weighted by atomic mass is 16.5. The second kappa shape index (κ2) is 8.29. The molecule has 4 aliphatic rings. The summed E-state index contributed by atoms with van der Waals surface area (Å²) < 4.78 is 6.25. The number of amides is 4. The molecular formula is C23H28N4O5. The number of benzene rings is 1. The molecule has 170 valence electrons. The third kappa shape index (κ3) is 3.69. The van der Waals surface area contributed by atoms with Gasteiger partial charge in [-0.25, -0.2) is 0 Å². The normalized spacial score (nSPS) is 25.2. The Kier molecular flexibility index (Phi) is 5.46. The monoisotopic (exact) mass is 440 g/mol. The Morgan fingerprint density at radius 3 is 2.38 bits per heavy atom. The minimum absolute atomic E-state index is 0.113. The topological polar surface area (TPSA) is 99.3 Å². The molecule has 0 aliphatic carbocycles. The summed E-state index contributed by atoms with van der Waals surface area (Å²) in [7, 11) is 0. The standard InChI is InChI=1S/C23H28N4O5/c1-2-25-9-7-15(8-10-25)32-16-12-26(13-16)14-3-4-17-18(11-14)23(31)27(22(17)30)19-5-6-20(28)24-21(19)29/h3-4,11,15-16,19H,2,5-10,12-13H2,1H3,(H,24,28,29). The van der Waals surface area contributed by atoms with Gasteiger partial charge < -0.3 is 14.5 Å². The molecule has 0 spiro atoms. The minimum atomic E-state index is -0.940. The average molecular weight is 441 g/mol. The van der Waals surface area contributed by atoms with E-state index in [1.165, 1.54) is 0 Å². The highest BCUT2D eigenvalue weighted by Gasteiger charge is 2.45. The van der Waals surface area contributed by atoms with Crippen LogP contribution in [0.15, 0.2) is 18.2 Å². The van der Waals surface area contributed by atoms with Gasteiger partial charge >= 0.3 is 0 Å². The number of fused-ring (bicyclic) bond motifs is 1. The van der Waals surface area contributed by atoms with E-state index in [-0.39, 0.29) is 24.9 Å². The van der Waals surface area contributed by atoms with Crippen molar-refractivity contribution in [1.82, 2.24) is 15.1 Å². The zero-order chi connectivity index (χ0) is 22.4. The van der Waals surface area contributed by atoms with E-state index in [9.17, 15) is 19.2 Å². The molecule has 4 heterocycles. The summed E-state index contributed by atoms with van der Waals surface area (Å²) >= 11 is 0. The molecule has 1 aromatic rings. The number of nitrogens with zero attached hydrogens (tertiary/aromatic N) is 3. The minimum Gasteiger partial charge on any atom is -0.371 e. The van der Waals surface area contributed by atoms with Crippen molar-refractivity contribution in [3.8, 4) is 0 Å². The molecular weight excluding hydrogens is 412 g/mol. The van der Waals surface area contributed by atoms with Gasteiger partial charge in [0.2, 0.25) is 11.8 Å². The first kappa shape index (κ1) is 21.1. The van der Waals surface area contributed by atoms with Gasteiger partial charge in [-0.05, 0) is 44.0 Å². The van der Waals surface area contributed by atoms with E-state index >= 15 is 0 Å². The third-order valence-corrected chi connectivity index (χ3v) is 7.00. The molecule has 4 amide bonds. The molecule has 5 rings (SSSR count). The molecule has 4 aliphatic heterocycles. The molecule has 3 fully saturated rings. The van der Waals surface area contributed by atoms with Crippen LogP contribution in [0.2, 0.25) is 0 Å². The molecule has 1 aromatic carbocycles. The van der Waals surface area contributed by atoms with Gasteiger partial charge in [0.15, 0.2) is 0 Å². The summed E-state index contributed by atoms with van der Waals surface area (Å²) in [5, 5.41) is 2.22. The first-order valence-corrected chi connectivity index (χ1v) is 11.4. The molecule has 0 bridgehead atoms. The lowest BCUT2D eigenvalue weighted by molar-refractivity contribution is -0.136. The number of piperidine rings is 2. The first-order valence-electron chi connectivity index (χ1n) is 11.4. The van der Waals surface area contributed by atoms with Crippen molar-refractivity contribution >= 4 is 29.3 Å². The number of anilines is 1. The Labute approximate surface area is 186 Å². The van der Waals surface area contributed by atoms with Gasteiger partial charge in [-0.2, -0.15) is 0 Å². The fourth-order valence-electron chi connectivity index (χ4n) is 5.02. The van der Waals surface area contributed by atoms with E-state index in [1.54, 1.807) is 12.1 Å². The second-order valence-electron chi connectivity index (χ2n) is 8.97. The van der Waals surface area contributed by atoms with Gasteiger partial charge in [-0.3, -0.25) is 29.4 Å². The third-order valence-electron chi connectivity index (χ3n) is 7.00. The summed E-state index contributed by atoms with van der Waals surface area (Å²) in [4.78, 5) is 55.0. The van der Waals surface area contributed by atoms with Crippen LogP contribution in [0.5, 0.6) is 0 Å². The molecule has 32 heavy (non-hydrogen) atoms. The van der Waals surface area contributed by atoms with Gasteiger partial charge in [-0.1, -0.05) is 6.92 Å². The second-order valence-corrected chi connectivity index (χ2v) is 8.97. The Balaban J connectivity index is 1.21. The molecule has 1 N–H and O–H groups in total. The van der Waals surface area contributed by atoms with Crippen LogP contribution in [-0.2, 0) is 14.3 Å². The van der Waals surface area contributed by atoms with E-state index in [2.05, 4.69) is 22.0 Å². The smallest absolute Gasteiger partial charge is 0.262 e. The molecule has 9 heteroatoms. The maximum Gasteiger partial charge on any atom is 0.262 e. The summed E-state index contributed by atoms with van der Waals surface area (Å²) in [6.07, 6.45) is 2.89. The van der Waals surface area contributed by atoms with Crippen molar-refractivity contribution in [2.75, 3.05) is 37.6 Å². The van der Waals surface area contributed by atoms with Gasteiger partial charge in [0.05, 0.1) is 23.3 Å². The van der Waals surface area contributed by atoms with Crippen molar-refractivity contribution in [3.63, 3.8) is 0 Å². The molecule has 3 saturated heterocycles. The summed E-state index contributed by atoms with van der Waals surface area (Å²) in [6, 6.07) is 4.29. The van der Waals surface area contributed by atoms with Crippen LogP contribution in [-0.4, -0.2) is 84.4 Å². The summed E-state index contributed by atoms with van der Waals surface area (Å²) in [6.45, 7) is 6.95. The van der Waals surface area contributed by atoms with Crippen LogP contribution in [0.1, 0.15) is 53.3 Å². The number of hydrogen-bond acceptors (Lipinski definition) is 7. The van der Waals surface area contributed by atoms with Gasteiger partial charge in [0.1, 0.15) is 6.04 Å². The Morgan fingerprint density at radius 2 is 1.69 bits per heavy atom. The van der Waals surface area contributed by atoms with Gasteiger partial charge in [0.25, 0.3) is 11.8 Å². The van der Waals surface area contributed by atoms with E-state index < -0.39 is 23.8 Å². The maximum absolute atomic E-state index is 13.0. The number of imide groups is 2. The largest absolute Gasteiger partial charge is 0.371 e. The van der Waals surface area contributed by atoms with Crippen molar-refractivity contribution in [2.24, 2.45) is 0 Å². The molecule has 0 radical (unpaired) electrons. The van der Waals surface area contributed by atoms with E-state index in [0.717, 1.165) is 56.2 Å². The van der Waals surface area contributed by atoms with Crippen molar-refractivity contribution in [2.45, 2.75) is 50.9 Å². The molecule has 1 unspecified atom stereocenters. The Hall–Kier alpha value is -2.78. The zero-order valence-corrected chi connectivity index (χ0v) is 18.2.